The zero-order valence-corrected chi connectivity index (χ0v) is 12.2. The minimum Gasteiger partial charge on any atom is -0.508 e. The minimum absolute atomic E-state index is 0.256. The van der Waals surface area contributed by atoms with Crippen LogP contribution < -0.4 is 5.73 Å². The molecule has 3 N–H and O–H groups in total. The molecule has 3 nitrogen and oxygen atoms in total. The molecule has 0 saturated carbocycles. The van der Waals surface area contributed by atoms with Crippen molar-refractivity contribution in [1.29, 1.82) is 0 Å². The van der Waals surface area contributed by atoms with Crippen LogP contribution in [0, 0.1) is 0 Å². The van der Waals surface area contributed by atoms with Crippen molar-refractivity contribution < 1.29 is 5.11 Å². The van der Waals surface area contributed by atoms with Gasteiger partial charge in [0.25, 0.3) is 0 Å². The number of phenols is 1. The predicted molar refractivity (Wildman–Crippen MR) is 91.9 cm³/mol. The molecule has 0 saturated heterocycles. The van der Waals surface area contributed by atoms with E-state index in [1.165, 1.54) is 16.3 Å². The van der Waals surface area contributed by atoms with Crippen molar-refractivity contribution in [3.63, 3.8) is 0 Å². The van der Waals surface area contributed by atoms with Gasteiger partial charge in [0.1, 0.15) is 5.75 Å². The molecule has 3 heteroatoms. The van der Waals surface area contributed by atoms with E-state index in [9.17, 15) is 5.11 Å². The van der Waals surface area contributed by atoms with E-state index < -0.39 is 0 Å². The van der Waals surface area contributed by atoms with Gasteiger partial charge in [0.05, 0.1) is 5.52 Å². The number of aromatic nitrogens is 1. The fourth-order valence-electron chi connectivity index (χ4n) is 3.22. The maximum atomic E-state index is 9.52. The van der Waals surface area contributed by atoms with Crippen molar-refractivity contribution in [2.24, 2.45) is 7.05 Å². The Labute approximate surface area is 128 Å². The quantitative estimate of drug-likeness (QED) is 0.513. The average Bonchev–Trinajstić information content (AvgIpc) is 2.82. The van der Waals surface area contributed by atoms with Crippen molar-refractivity contribution in [1.82, 2.24) is 4.57 Å². The lowest BCUT2D eigenvalue weighted by molar-refractivity contribution is 0.475. The number of nitrogen functional groups attached to an aromatic ring is 1. The SMILES string of the molecule is Cn1c2ccccc2c2ccc(N)c(-c3ccc(O)cc3)c21. The summed E-state index contributed by atoms with van der Waals surface area (Å²) in [5.41, 5.74) is 11.3. The van der Waals surface area contributed by atoms with Gasteiger partial charge in [-0.2, -0.15) is 0 Å². The second kappa shape index (κ2) is 4.53. The molecule has 0 aliphatic heterocycles. The number of para-hydroxylation sites is 1. The van der Waals surface area contributed by atoms with Crippen LogP contribution in [-0.2, 0) is 7.05 Å². The van der Waals surface area contributed by atoms with Gasteiger partial charge in [-0.1, -0.05) is 36.4 Å². The van der Waals surface area contributed by atoms with Gasteiger partial charge in [0.15, 0.2) is 0 Å². The van der Waals surface area contributed by atoms with Crippen LogP contribution in [0.1, 0.15) is 0 Å². The summed E-state index contributed by atoms with van der Waals surface area (Å²) >= 11 is 0. The van der Waals surface area contributed by atoms with E-state index >= 15 is 0 Å². The Morgan fingerprint density at radius 3 is 2.36 bits per heavy atom. The first kappa shape index (κ1) is 12.8. The number of nitrogens with zero attached hydrogens (tertiary/aromatic N) is 1. The summed E-state index contributed by atoms with van der Waals surface area (Å²) in [6.45, 7) is 0. The summed E-state index contributed by atoms with van der Waals surface area (Å²) in [5, 5.41) is 11.9. The second-order valence-electron chi connectivity index (χ2n) is 5.55. The summed E-state index contributed by atoms with van der Waals surface area (Å²) in [6, 6.07) is 19.6. The zero-order valence-electron chi connectivity index (χ0n) is 12.2. The molecule has 0 atom stereocenters. The van der Waals surface area contributed by atoms with Gasteiger partial charge in [-0.3, -0.25) is 0 Å². The number of benzene rings is 3. The number of phenolic OH excluding ortho intramolecular Hbond substituents is 1. The van der Waals surface area contributed by atoms with E-state index in [0.29, 0.717) is 0 Å². The Morgan fingerprint density at radius 2 is 1.59 bits per heavy atom. The Balaban J connectivity index is 2.18. The molecule has 0 radical (unpaired) electrons. The van der Waals surface area contributed by atoms with Gasteiger partial charge < -0.3 is 15.4 Å². The molecule has 0 fully saturated rings. The smallest absolute Gasteiger partial charge is 0.115 e. The number of rotatable bonds is 1. The van der Waals surface area contributed by atoms with Gasteiger partial charge in [0, 0.05) is 34.6 Å². The maximum absolute atomic E-state index is 9.52. The molecule has 0 unspecified atom stereocenters. The number of hydrogen-bond acceptors (Lipinski definition) is 2. The van der Waals surface area contributed by atoms with Gasteiger partial charge in [-0.25, -0.2) is 0 Å². The molecular weight excluding hydrogens is 272 g/mol. The van der Waals surface area contributed by atoms with Gasteiger partial charge in [-0.05, 0) is 29.8 Å². The molecule has 22 heavy (non-hydrogen) atoms. The molecule has 0 aliphatic carbocycles. The minimum atomic E-state index is 0.256. The molecule has 4 aromatic rings. The number of fused-ring (bicyclic) bond motifs is 3. The summed E-state index contributed by atoms with van der Waals surface area (Å²) in [4.78, 5) is 0. The highest BCUT2D eigenvalue weighted by molar-refractivity contribution is 6.14. The molecule has 0 spiro atoms. The van der Waals surface area contributed by atoms with E-state index in [1.54, 1.807) is 12.1 Å². The lowest BCUT2D eigenvalue weighted by atomic mass is 10.00. The van der Waals surface area contributed by atoms with Crippen LogP contribution in [0.4, 0.5) is 5.69 Å². The van der Waals surface area contributed by atoms with Crippen LogP contribution in [0.5, 0.6) is 5.75 Å². The largest absolute Gasteiger partial charge is 0.508 e. The van der Waals surface area contributed by atoms with Crippen LogP contribution in [-0.4, -0.2) is 9.67 Å². The molecule has 4 rings (SSSR count). The fraction of sp³-hybridized carbons (Fsp3) is 0.0526. The average molecular weight is 288 g/mol. The van der Waals surface area contributed by atoms with Gasteiger partial charge in [-0.15, -0.1) is 0 Å². The molecule has 1 heterocycles. The fourth-order valence-corrected chi connectivity index (χ4v) is 3.22. The van der Waals surface area contributed by atoms with Gasteiger partial charge >= 0.3 is 0 Å². The topological polar surface area (TPSA) is 51.2 Å². The van der Waals surface area contributed by atoms with Crippen molar-refractivity contribution in [3.05, 3.63) is 60.7 Å². The molecule has 0 amide bonds. The van der Waals surface area contributed by atoms with E-state index in [0.717, 1.165) is 22.3 Å². The highest BCUT2D eigenvalue weighted by Gasteiger charge is 2.15. The van der Waals surface area contributed by atoms with Crippen LogP contribution in [0.15, 0.2) is 60.7 Å². The molecule has 0 aliphatic rings. The summed E-state index contributed by atoms with van der Waals surface area (Å²) in [5.74, 6) is 0.256. The van der Waals surface area contributed by atoms with Gasteiger partial charge in [0.2, 0.25) is 0 Å². The van der Waals surface area contributed by atoms with E-state index in [2.05, 4.69) is 35.9 Å². The second-order valence-corrected chi connectivity index (χ2v) is 5.55. The lowest BCUT2D eigenvalue weighted by Crippen LogP contribution is -1.95. The van der Waals surface area contributed by atoms with Crippen LogP contribution >= 0.6 is 0 Å². The van der Waals surface area contributed by atoms with Crippen LogP contribution in [0.3, 0.4) is 0 Å². The molecular formula is C19H16N2O. The van der Waals surface area contributed by atoms with Crippen molar-refractivity contribution in [2.45, 2.75) is 0 Å². The highest BCUT2D eigenvalue weighted by Crippen LogP contribution is 2.38. The molecule has 1 aromatic heterocycles. The first-order valence-corrected chi connectivity index (χ1v) is 7.22. The Kier molecular flexibility index (Phi) is 2.63. The van der Waals surface area contributed by atoms with Crippen LogP contribution in [0.25, 0.3) is 32.9 Å². The standard InChI is InChI=1S/C19H16N2O/c1-21-17-5-3-2-4-14(17)15-10-11-16(20)18(19(15)21)12-6-8-13(22)9-7-12/h2-11,22H,20H2,1H3. The zero-order chi connectivity index (χ0) is 15.3. The van der Waals surface area contributed by atoms with E-state index in [-0.39, 0.29) is 5.75 Å². The highest BCUT2D eigenvalue weighted by atomic mass is 16.3. The molecule has 108 valence electrons. The lowest BCUT2D eigenvalue weighted by Gasteiger charge is -2.10. The first-order valence-electron chi connectivity index (χ1n) is 7.22. The monoisotopic (exact) mass is 288 g/mol. The van der Waals surface area contributed by atoms with Crippen molar-refractivity contribution in [3.8, 4) is 16.9 Å². The number of aryl methyl sites for hydroxylation is 1. The normalized spacial score (nSPS) is 11.3. The first-order chi connectivity index (χ1) is 10.7. The number of hydrogen-bond donors (Lipinski definition) is 2. The third kappa shape index (κ3) is 1.69. The molecule has 0 bridgehead atoms. The molecule has 3 aromatic carbocycles. The summed E-state index contributed by atoms with van der Waals surface area (Å²) < 4.78 is 2.18. The van der Waals surface area contributed by atoms with Crippen molar-refractivity contribution >= 4 is 27.5 Å². The third-order valence-corrected chi connectivity index (χ3v) is 4.26. The Morgan fingerprint density at radius 1 is 0.864 bits per heavy atom. The maximum Gasteiger partial charge on any atom is 0.115 e. The van der Waals surface area contributed by atoms with Crippen molar-refractivity contribution in [2.75, 3.05) is 5.73 Å². The van der Waals surface area contributed by atoms with E-state index in [1.807, 2.05) is 24.3 Å². The number of aromatic hydroxyl groups is 1. The third-order valence-electron chi connectivity index (χ3n) is 4.26. The van der Waals surface area contributed by atoms with E-state index in [4.69, 9.17) is 5.73 Å². The van der Waals surface area contributed by atoms with Crippen LogP contribution in [0.2, 0.25) is 0 Å². The number of anilines is 1. The summed E-state index contributed by atoms with van der Waals surface area (Å²) in [7, 11) is 2.06. The Bertz CT molecular complexity index is 997. The summed E-state index contributed by atoms with van der Waals surface area (Å²) in [6.07, 6.45) is 0. The Hall–Kier alpha value is -2.94. The number of nitrogens with two attached hydrogens (primary N) is 1. The predicted octanol–water partition coefficient (Wildman–Crippen LogP) is 4.29.